The normalized spacial score (nSPS) is 10.5. The Hall–Kier alpha value is -1.38. The predicted molar refractivity (Wildman–Crippen MR) is 34.9 cm³/mol. The average Bonchev–Trinajstić information content (AvgIpc) is 2.36. The van der Waals surface area contributed by atoms with Crippen LogP contribution in [0.25, 0.3) is 11.0 Å². The predicted octanol–water partition coefficient (Wildman–Crippen LogP) is 1.50. The van der Waals surface area contributed by atoms with Crippen molar-refractivity contribution in [3.63, 3.8) is 0 Å². The number of halogens is 1. The number of hydrogen-bond acceptors (Lipinski definition) is 1. The Balaban J connectivity index is 2.95. The van der Waals surface area contributed by atoms with Crippen molar-refractivity contribution in [2.24, 2.45) is 0 Å². The summed E-state index contributed by atoms with van der Waals surface area (Å²) in [6, 6.07) is 4.75. The molecule has 3 heteroatoms. The molecule has 1 aromatic carbocycles. The van der Waals surface area contributed by atoms with Crippen LogP contribution >= 0.6 is 0 Å². The van der Waals surface area contributed by atoms with Gasteiger partial charge in [0, 0.05) is 0 Å². The minimum Gasteiger partial charge on any atom is -0.335 e. The summed E-state index contributed by atoms with van der Waals surface area (Å²) in [5.74, 6) is -0.310. The first-order chi connectivity index (χ1) is 4.88. The summed E-state index contributed by atoms with van der Waals surface area (Å²) in [5.41, 5.74) is 1.03. The first kappa shape index (κ1) is 5.41. The first-order valence-corrected chi connectivity index (χ1v) is 2.88. The van der Waals surface area contributed by atoms with Crippen LogP contribution < -0.4 is 0 Å². The number of H-pyrrole nitrogens is 1. The van der Waals surface area contributed by atoms with E-state index in [1.165, 1.54) is 6.07 Å². The third-order valence-electron chi connectivity index (χ3n) is 1.35. The zero-order chi connectivity index (χ0) is 6.97. The van der Waals surface area contributed by atoms with Gasteiger partial charge in [0.1, 0.15) is 5.52 Å². The Morgan fingerprint density at radius 2 is 2.40 bits per heavy atom. The van der Waals surface area contributed by atoms with E-state index in [-0.39, 0.29) is 5.82 Å². The molecule has 2 rings (SSSR count). The van der Waals surface area contributed by atoms with Gasteiger partial charge in [-0.2, -0.15) is 0 Å². The van der Waals surface area contributed by atoms with Gasteiger partial charge in [-0.05, 0) is 12.1 Å². The molecule has 0 atom stereocenters. The van der Waals surface area contributed by atoms with E-state index in [4.69, 9.17) is 0 Å². The van der Waals surface area contributed by atoms with Crippen molar-refractivity contribution in [1.29, 1.82) is 0 Å². The molecular formula is C7H4FN2. The monoisotopic (exact) mass is 135 g/mol. The molecule has 0 spiro atoms. The number of nitrogens with one attached hydrogen (secondary N) is 1. The molecule has 0 saturated carbocycles. The third kappa shape index (κ3) is 0.603. The lowest BCUT2D eigenvalue weighted by atomic mass is 10.3. The van der Waals surface area contributed by atoms with Crippen LogP contribution in [0.1, 0.15) is 0 Å². The molecule has 10 heavy (non-hydrogen) atoms. The van der Waals surface area contributed by atoms with Gasteiger partial charge in [-0.1, -0.05) is 6.07 Å². The highest BCUT2D eigenvalue weighted by Gasteiger charge is 1.99. The van der Waals surface area contributed by atoms with Crippen LogP contribution in [0.2, 0.25) is 0 Å². The largest absolute Gasteiger partial charge is 0.335 e. The number of rotatable bonds is 0. The van der Waals surface area contributed by atoms with Crippen LogP contribution in [0.5, 0.6) is 0 Å². The summed E-state index contributed by atoms with van der Waals surface area (Å²) in [4.78, 5) is 6.35. The van der Waals surface area contributed by atoms with E-state index in [1.54, 1.807) is 12.1 Å². The van der Waals surface area contributed by atoms with Gasteiger partial charge in [-0.3, -0.25) is 0 Å². The van der Waals surface area contributed by atoms with Gasteiger partial charge >= 0.3 is 0 Å². The molecule has 1 N–H and O–H groups in total. The van der Waals surface area contributed by atoms with Crippen molar-refractivity contribution in [3.05, 3.63) is 30.3 Å². The van der Waals surface area contributed by atoms with Gasteiger partial charge in [0.05, 0.1) is 5.52 Å². The summed E-state index contributed by atoms with van der Waals surface area (Å²) < 4.78 is 12.7. The molecular weight excluding hydrogens is 131 g/mol. The van der Waals surface area contributed by atoms with E-state index in [0.29, 0.717) is 11.0 Å². The van der Waals surface area contributed by atoms with E-state index in [0.717, 1.165) is 0 Å². The highest BCUT2D eigenvalue weighted by atomic mass is 19.1. The number of nitrogens with zero attached hydrogens (tertiary/aromatic N) is 1. The van der Waals surface area contributed by atoms with E-state index in [2.05, 4.69) is 16.3 Å². The Kier molecular flexibility index (Phi) is 0.974. The van der Waals surface area contributed by atoms with Crippen molar-refractivity contribution in [2.75, 3.05) is 0 Å². The Bertz CT molecular complexity index is 353. The van der Waals surface area contributed by atoms with Crippen LogP contribution in [-0.2, 0) is 0 Å². The van der Waals surface area contributed by atoms with Gasteiger partial charge in [-0.15, -0.1) is 0 Å². The SMILES string of the molecule is Fc1cccc2[nH][c]nc12. The zero-order valence-corrected chi connectivity index (χ0v) is 5.06. The highest BCUT2D eigenvalue weighted by molar-refractivity contribution is 5.74. The van der Waals surface area contributed by atoms with E-state index < -0.39 is 0 Å². The number of hydrogen-bond donors (Lipinski definition) is 1. The van der Waals surface area contributed by atoms with Gasteiger partial charge in [-0.25, -0.2) is 9.37 Å². The molecule has 1 heterocycles. The zero-order valence-electron chi connectivity index (χ0n) is 5.06. The minimum atomic E-state index is -0.310. The molecule has 0 aliphatic carbocycles. The van der Waals surface area contributed by atoms with Gasteiger partial charge in [0.15, 0.2) is 12.1 Å². The maximum absolute atomic E-state index is 12.7. The molecule has 0 amide bonds. The molecule has 1 radical (unpaired) electrons. The molecule has 2 nitrogen and oxygen atoms in total. The lowest BCUT2D eigenvalue weighted by molar-refractivity contribution is 0.637. The van der Waals surface area contributed by atoms with Gasteiger partial charge in [0.25, 0.3) is 0 Å². The van der Waals surface area contributed by atoms with Crippen LogP contribution in [0.15, 0.2) is 18.2 Å². The second-order valence-electron chi connectivity index (χ2n) is 1.98. The summed E-state index contributed by atoms with van der Waals surface area (Å²) >= 11 is 0. The lowest BCUT2D eigenvalue weighted by Crippen LogP contribution is -1.74. The number of imidazole rings is 1. The second kappa shape index (κ2) is 1.80. The second-order valence-corrected chi connectivity index (χ2v) is 1.98. The Labute approximate surface area is 56.7 Å². The third-order valence-corrected chi connectivity index (χ3v) is 1.35. The summed E-state index contributed by atoms with van der Waals surface area (Å²) in [5, 5.41) is 0. The number of fused-ring (bicyclic) bond motifs is 1. The van der Waals surface area contributed by atoms with E-state index in [9.17, 15) is 4.39 Å². The van der Waals surface area contributed by atoms with E-state index in [1.807, 2.05) is 0 Å². The number of para-hydroxylation sites is 1. The fourth-order valence-electron chi connectivity index (χ4n) is 0.874. The van der Waals surface area contributed by atoms with Crippen molar-refractivity contribution in [3.8, 4) is 0 Å². The number of aromatic amines is 1. The van der Waals surface area contributed by atoms with Crippen LogP contribution in [0.3, 0.4) is 0 Å². The van der Waals surface area contributed by atoms with Gasteiger partial charge < -0.3 is 4.98 Å². The minimum absolute atomic E-state index is 0.310. The molecule has 0 unspecified atom stereocenters. The Morgan fingerprint density at radius 1 is 1.50 bits per heavy atom. The number of aromatic nitrogens is 2. The van der Waals surface area contributed by atoms with Crippen molar-refractivity contribution < 1.29 is 4.39 Å². The van der Waals surface area contributed by atoms with Crippen molar-refractivity contribution in [2.45, 2.75) is 0 Å². The topological polar surface area (TPSA) is 28.7 Å². The van der Waals surface area contributed by atoms with Crippen molar-refractivity contribution in [1.82, 2.24) is 9.97 Å². The average molecular weight is 135 g/mol. The highest BCUT2D eigenvalue weighted by Crippen LogP contribution is 2.11. The molecule has 0 aliphatic rings. The summed E-state index contributed by atoms with van der Waals surface area (Å²) in [6.07, 6.45) is 2.46. The maximum Gasteiger partial charge on any atom is 0.174 e. The molecule has 2 aromatic rings. The fourth-order valence-corrected chi connectivity index (χ4v) is 0.874. The Morgan fingerprint density at radius 3 is 3.20 bits per heavy atom. The standard InChI is InChI=1S/C7H4FN2/c8-5-2-1-3-6-7(5)10-4-9-6/h1-3H,(H,9,10). The summed E-state index contributed by atoms with van der Waals surface area (Å²) in [7, 11) is 0. The summed E-state index contributed by atoms with van der Waals surface area (Å²) in [6.45, 7) is 0. The molecule has 0 bridgehead atoms. The molecule has 49 valence electrons. The van der Waals surface area contributed by atoms with Crippen LogP contribution in [0.4, 0.5) is 4.39 Å². The quantitative estimate of drug-likeness (QED) is 0.582. The van der Waals surface area contributed by atoms with Crippen LogP contribution in [-0.4, -0.2) is 9.97 Å². The maximum atomic E-state index is 12.7. The first-order valence-electron chi connectivity index (χ1n) is 2.88. The van der Waals surface area contributed by atoms with E-state index >= 15 is 0 Å². The molecule has 0 aliphatic heterocycles. The van der Waals surface area contributed by atoms with Gasteiger partial charge in [0.2, 0.25) is 0 Å². The number of benzene rings is 1. The fraction of sp³-hybridized carbons (Fsp3) is 0. The molecule has 1 aromatic heterocycles. The van der Waals surface area contributed by atoms with Crippen molar-refractivity contribution >= 4 is 11.0 Å². The molecule has 0 saturated heterocycles. The smallest absolute Gasteiger partial charge is 0.174 e. The lowest BCUT2D eigenvalue weighted by Gasteiger charge is -1.86. The van der Waals surface area contributed by atoms with Crippen LogP contribution in [0, 0.1) is 12.1 Å². The molecule has 0 fully saturated rings.